The standard InChI is InChI=1S/C5H9NO4S2/c1-6-4-5(11(2,7)8)12(3,9)10/h1-3H3. The van der Waals surface area contributed by atoms with Crippen molar-refractivity contribution in [1.82, 2.24) is 0 Å². The number of hydrogen-bond acceptors (Lipinski definition) is 5. The van der Waals surface area contributed by atoms with Crippen LogP contribution in [0.2, 0.25) is 0 Å². The van der Waals surface area contributed by atoms with Crippen LogP contribution in [0.5, 0.6) is 0 Å². The van der Waals surface area contributed by atoms with Crippen LogP contribution in [0.4, 0.5) is 0 Å². The van der Waals surface area contributed by atoms with Crippen molar-refractivity contribution in [2.24, 2.45) is 4.99 Å². The van der Waals surface area contributed by atoms with E-state index in [0.717, 1.165) is 12.5 Å². The van der Waals surface area contributed by atoms with Crippen molar-refractivity contribution in [3.63, 3.8) is 0 Å². The lowest BCUT2D eigenvalue weighted by Gasteiger charge is -1.96. The van der Waals surface area contributed by atoms with Gasteiger partial charge in [0.05, 0.1) is 0 Å². The highest BCUT2D eigenvalue weighted by atomic mass is 32.3. The number of nitrogens with zero attached hydrogens (tertiary/aromatic N) is 1. The average Bonchev–Trinajstić information content (AvgIpc) is 1.77. The third-order valence-corrected chi connectivity index (χ3v) is 4.22. The smallest absolute Gasteiger partial charge is 0.218 e. The molecule has 0 bridgehead atoms. The molecule has 0 fully saturated rings. The molecule has 70 valence electrons. The molecule has 0 amide bonds. The van der Waals surface area contributed by atoms with Gasteiger partial charge in [-0.15, -0.1) is 0 Å². The minimum atomic E-state index is -3.76. The minimum Gasteiger partial charge on any atom is -0.245 e. The molecule has 0 aromatic heterocycles. The molecule has 0 atom stereocenters. The summed E-state index contributed by atoms with van der Waals surface area (Å²) in [4.78, 5) is 3.22. The highest BCUT2D eigenvalue weighted by molar-refractivity contribution is 8.14. The van der Waals surface area contributed by atoms with E-state index in [-0.39, 0.29) is 0 Å². The van der Waals surface area contributed by atoms with Gasteiger partial charge in [0, 0.05) is 25.4 Å². The number of aliphatic imine (C=N–C) groups is 1. The van der Waals surface area contributed by atoms with Crippen molar-refractivity contribution in [3.8, 4) is 0 Å². The van der Waals surface area contributed by atoms with E-state index in [9.17, 15) is 16.8 Å². The Morgan fingerprint density at radius 1 is 1.08 bits per heavy atom. The van der Waals surface area contributed by atoms with Gasteiger partial charge in [-0.2, -0.15) is 0 Å². The summed E-state index contributed by atoms with van der Waals surface area (Å²) in [5.41, 5.74) is 0. The van der Waals surface area contributed by atoms with E-state index < -0.39 is 23.9 Å². The summed E-state index contributed by atoms with van der Waals surface area (Å²) in [6.07, 6.45) is 1.59. The van der Waals surface area contributed by atoms with Crippen molar-refractivity contribution in [1.29, 1.82) is 0 Å². The second-order valence-electron chi connectivity index (χ2n) is 2.17. The Bertz CT molecular complexity index is 388. The monoisotopic (exact) mass is 211 g/mol. The molecule has 0 aromatic rings. The Hall–Kier alpha value is -0.650. The predicted octanol–water partition coefficient (Wildman–Crippen LogP) is -0.783. The quantitative estimate of drug-likeness (QED) is 0.561. The molecule has 0 heterocycles. The topological polar surface area (TPSA) is 80.6 Å². The van der Waals surface area contributed by atoms with E-state index in [1.54, 1.807) is 0 Å². The number of sulfone groups is 2. The maximum atomic E-state index is 10.8. The maximum absolute atomic E-state index is 10.8. The number of hydrogen-bond donors (Lipinski definition) is 0. The Morgan fingerprint density at radius 3 is 1.50 bits per heavy atom. The number of rotatable bonds is 2. The van der Waals surface area contributed by atoms with Gasteiger partial charge in [0.25, 0.3) is 0 Å². The summed E-state index contributed by atoms with van der Waals surface area (Å²) in [6.45, 7) is 0. The molecule has 0 aliphatic rings. The first-order valence-corrected chi connectivity index (χ1v) is 6.60. The molecule has 0 aliphatic carbocycles. The van der Waals surface area contributed by atoms with Gasteiger partial charge in [0.2, 0.25) is 4.24 Å². The molecule has 5 nitrogen and oxygen atoms in total. The molecule has 0 saturated carbocycles. The Kier molecular flexibility index (Phi) is 3.20. The van der Waals surface area contributed by atoms with Gasteiger partial charge in [-0.3, -0.25) is 0 Å². The largest absolute Gasteiger partial charge is 0.245 e. The maximum Gasteiger partial charge on any atom is 0.218 e. The van der Waals surface area contributed by atoms with Crippen LogP contribution >= 0.6 is 0 Å². The molecule has 0 N–H and O–H groups in total. The highest BCUT2D eigenvalue weighted by Crippen LogP contribution is 2.07. The lowest BCUT2D eigenvalue weighted by Crippen LogP contribution is -2.11. The molecular formula is C5H9NO4S2. The Balaban J connectivity index is 5.79. The van der Waals surface area contributed by atoms with Crippen LogP contribution in [0.1, 0.15) is 0 Å². The van der Waals surface area contributed by atoms with Crippen LogP contribution in [0, 0.1) is 0 Å². The molecular weight excluding hydrogens is 202 g/mol. The van der Waals surface area contributed by atoms with E-state index in [0.29, 0.717) is 0 Å². The third-order valence-electron chi connectivity index (χ3n) is 0.877. The van der Waals surface area contributed by atoms with Gasteiger partial charge in [-0.05, 0) is 0 Å². The Morgan fingerprint density at radius 2 is 1.42 bits per heavy atom. The molecule has 7 heteroatoms. The van der Waals surface area contributed by atoms with Gasteiger partial charge >= 0.3 is 0 Å². The summed E-state index contributed by atoms with van der Waals surface area (Å²) in [5, 5.41) is 0. The molecule has 0 unspecified atom stereocenters. The molecule has 0 spiro atoms. The third kappa shape index (κ3) is 3.17. The first-order chi connectivity index (χ1) is 5.19. The van der Waals surface area contributed by atoms with Crippen molar-refractivity contribution in [2.45, 2.75) is 0 Å². The van der Waals surface area contributed by atoms with E-state index in [2.05, 4.69) is 4.99 Å². The zero-order valence-electron chi connectivity index (χ0n) is 6.90. The fourth-order valence-corrected chi connectivity index (χ4v) is 3.25. The van der Waals surface area contributed by atoms with Crippen LogP contribution < -0.4 is 0 Å². The van der Waals surface area contributed by atoms with Gasteiger partial charge in [0.15, 0.2) is 19.7 Å². The van der Waals surface area contributed by atoms with E-state index >= 15 is 0 Å². The average molecular weight is 211 g/mol. The summed E-state index contributed by atoms with van der Waals surface area (Å²) in [6, 6.07) is 0. The van der Waals surface area contributed by atoms with Crippen LogP contribution in [-0.4, -0.2) is 42.3 Å². The second-order valence-corrected chi connectivity index (χ2v) is 6.33. The summed E-state index contributed by atoms with van der Waals surface area (Å²) < 4.78 is 42.5. The molecule has 0 rings (SSSR count). The SMILES string of the molecule is CN=C=C(S(C)(=O)=O)S(C)(=O)=O. The van der Waals surface area contributed by atoms with Gasteiger partial charge < -0.3 is 0 Å². The summed E-state index contributed by atoms with van der Waals surface area (Å²) in [5.74, 6) is 1.93. The molecule has 0 aromatic carbocycles. The van der Waals surface area contributed by atoms with E-state index in [1.807, 2.05) is 5.87 Å². The molecule has 0 aliphatic heterocycles. The van der Waals surface area contributed by atoms with Gasteiger partial charge in [-0.25, -0.2) is 21.8 Å². The summed E-state index contributed by atoms with van der Waals surface area (Å²) >= 11 is 0. The van der Waals surface area contributed by atoms with Crippen LogP contribution in [0.15, 0.2) is 9.23 Å². The summed E-state index contributed by atoms with van der Waals surface area (Å²) in [7, 11) is -6.28. The first-order valence-electron chi connectivity index (χ1n) is 2.81. The Labute approximate surface area is 71.7 Å². The first kappa shape index (κ1) is 11.4. The van der Waals surface area contributed by atoms with Crippen LogP contribution in [-0.2, 0) is 19.7 Å². The molecule has 12 heavy (non-hydrogen) atoms. The second kappa shape index (κ2) is 3.38. The van der Waals surface area contributed by atoms with Crippen molar-refractivity contribution in [2.75, 3.05) is 19.6 Å². The van der Waals surface area contributed by atoms with Crippen molar-refractivity contribution in [3.05, 3.63) is 4.24 Å². The molecule has 0 radical (unpaired) electrons. The fraction of sp³-hybridized carbons (Fsp3) is 0.600. The zero-order valence-corrected chi connectivity index (χ0v) is 8.53. The van der Waals surface area contributed by atoms with E-state index in [1.165, 1.54) is 7.05 Å². The zero-order chi connectivity index (χ0) is 9.99. The van der Waals surface area contributed by atoms with Crippen molar-refractivity contribution >= 4 is 25.5 Å². The lowest BCUT2D eigenvalue weighted by molar-refractivity contribution is 0.602. The van der Waals surface area contributed by atoms with Gasteiger partial charge in [0.1, 0.15) is 0 Å². The normalized spacial score (nSPS) is 11.9. The van der Waals surface area contributed by atoms with Crippen LogP contribution in [0.25, 0.3) is 0 Å². The predicted molar refractivity (Wildman–Crippen MR) is 46.6 cm³/mol. The molecule has 0 saturated heterocycles. The van der Waals surface area contributed by atoms with Gasteiger partial charge in [-0.1, -0.05) is 0 Å². The minimum absolute atomic E-state index is 0.780. The fourth-order valence-electron chi connectivity index (χ4n) is 0.532. The van der Waals surface area contributed by atoms with E-state index in [4.69, 9.17) is 0 Å². The highest BCUT2D eigenvalue weighted by Gasteiger charge is 2.22. The van der Waals surface area contributed by atoms with Crippen LogP contribution in [0.3, 0.4) is 0 Å². The van der Waals surface area contributed by atoms with Crippen molar-refractivity contribution < 1.29 is 16.8 Å². The lowest BCUT2D eigenvalue weighted by atomic mass is 11.1.